The summed E-state index contributed by atoms with van der Waals surface area (Å²) in [5.41, 5.74) is 0.544. The fraction of sp³-hybridized carbons (Fsp3) is 0.429. The van der Waals surface area contributed by atoms with E-state index in [1.54, 1.807) is 24.3 Å². The SMILES string of the molecule is CCNCCCNC(=O)Nc1cccc(OCC(=O)O)c1. The summed E-state index contributed by atoms with van der Waals surface area (Å²) < 4.78 is 5.04. The van der Waals surface area contributed by atoms with E-state index in [1.807, 2.05) is 6.92 Å². The minimum Gasteiger partial charge on any atom is -0.482 e. The van der Waals surface area contributed by atoms with Gasteiger partial charge < -0.3 is 25.8 Å². The number of carboxylic acids is 1. The van der Waals surface area contributed by atoms with Gasteiger partial charge in [-0.05, 0) is 31.6 Å². The third-order valence-electron chi connectivity index (χ3n) is 2.52. The summed E-state index contributed by atoms with van der Waals surface area (Å²) in [7, 11) is 0. The Kier molecular flexibility index (Phi) is 7.67. The van der Waals surface area contributed by atoms with Gasteiger partial charge in [-0.15, -0.1) is 0 Å². The second-order valence-electron chi connectivity index (χ2n) is 4.30. The Morgan fingerprint density at radius 3 is 2.81 bits per heavy atom. The monoisotopic (exact) mass is 295 g/mol. The molecule has 116 valence electrons. The van der Waals surface area contributed by atoms with Crippen LogP contribution in [0.2, 0.25) is 0 Å². The molecule has 0 unspecified atom stereocenters. The Hall–Kier alpha value is -2.28. The lowest BCUT2D eigenvalue weighted by molar-refractivity contribution is -0.139. The standard InChI is InChI=1S/C14H21N3O4/c1-2-15-7-4-8-16-14(20)17-11-5-3-6-12(9-11)21-10-13(18)19/h3,5-6,9,15H,2,4,7-8,10H2,1H3,(H,18,19)(H2,16,17,20). The lowest BCUT2D eigenvalue weighted by Gasteiger charge is -2.09. The van der Waals surface area contributed by atoms with Gasteiger partial charge >= 0.3 is 12.0 Å². The molecule has 4 N–H and O–H groups in total. The Labute approximate surface area is 123 Å². The number of aliphatic carboxylic acids is 1. The number of carboxylic acid groups (broad SMARTS) is 1. The van der Waals surface area contributed by atoms with Crippen molar-refractivity contribution < 1.29 is 19.4 Å². The predicted molar refractivity (Wildman–Crippen MR) is 79.8 cm³/mol. The largest absolute Gasteiger partial charge is 0.482 e. The molecule has 1 aromatic rings. The van der Waals surface area contributed by atoms with Gasteiger partial charge in [0.1, 0.15) is 5.75 Å². The van der Waals surface area contributed by atoms with Crippen molar-refractivity contribution in [1.29, 1.82) is 0 Å². The third-order valence-corrected chi connectivity index (χ3v) is 2.52. The number of benzene rings is 1. The van der Waals surface area contributed by atoms with Crippen molar-refractivity contribution in [2.24, 2.45) is 0 Å². The van der Waals surface area contributed by atoms with E-state index in [1.165, 1.54) is 0 Å². The maximum Gasteiger partial charge on any atom is 0.341 e. The molecule has 0 atom stereocenters. The van der Waals surface area contributed by atoms with Crippen molar-refractivity contribution in [3.05, 3.63) is 24.3 Å². The second-order valence-corrected chi connectivity index (χ2v) is 4.30. The van der Waals surface area contributed by atoms with Crippen molar-refractivity contribution in [2.75, 3.05) is 31.6 Å². The van der Waals surface area contributed by atoms with Crippen LogP contribution in [0.4, 0.5) is 10.5 Å². The van der Waals surface area contributed by atoms with Crippen LogP contribution in [0.3, 0.4) is 0 Å². The second kappa shape index (κ2) is 9.60. The van der Waals surface area contributed by atoms with E-state index in [0.717, 1.165) is 19.5 Å². The molecule has 21 heavy (non-hydrogen) atoms. The fourth-order valence-electron chi connectivity index (χ4n) is 1.58. The normalized spacial score (nSPS) is 9.95. The van der Waals surface area contributed by atoms with Gasteiger partial charge in [0.2, 0.25) is 0 Å². The highest BCUT2D eigenvalue weighted by atomic mass is 16.5. The number of amides is 2. The van der Waals surface area contributed by atoms with Gasteiger partial charge in [-0.2, -0.15) is 0 Å². The number of hydrogen-bond acceptors (Lipinski definition) is 4. The molecule has 0 aliphatic heterocycles. The number of hydrogen-bond donors (Lipinski definition) is 4. The Bertz CT molecular complexity index is 465. The van der Waals surface area contributed by atoms with Crippen LogP contribution in [0.25, 0.3) is 0 Å². The topological polar surface area (TPSA) is 99.7 Å². The molecule has 0 radical (unpaired) electrons. The molecule has 0 heterocycles. The van der Waals surface area contributed by atoms with Crippen molar-refractivity contribution in [3.63, 3.8) is 0 Å². The van der Waals surface area contributed by atoms with Gasteiger partial charge in [0.05, 0.1) is 0 Å². The molecule has 1 rings (SSSR count). The Morgan fingerprint density at radius 1 is 1.29 bits per heavy atom. The van der Waals surface area contributed by atoms with Gasteiger partial charge in [-0.25, -0.2) is 9.59 Å². The summed E-state index contributed by atoms with van der Waals surface area (Å²) in [6.07, 6.45) is 0.850. The summed E-state index contributed by atoms with van der Waals surface area (Å²) in [5.74, 6) is -0.658. The van der Waals surface area contributed by atoms with E-state index in [2.05, 4.69) is 16.0 Å². The number of ether oxygens (including phenoxy) is 1. The highest BCUT2D eigenvalue weighted by molar-refractivity contribution is 5.89. The summed E-state index contributed by atoms with van der Waals surface area (Å²) in [6, 6.07) is 6.27. The number of rotatable bonds is 9. The number of carbonyl (C=O) groups excluding carboxylic acids is 1. The van der Waals surface area contributed by atoms with Gasteiger partial charge in [0.25, 0.3) is 0 Å². The Balaban J connectivity index is 2.34. The van der Waals surface area contributed by atoms with E-state index >= 15 is 0 Å². The van der Waals surface area contributed by atoms with Crippen molar-refractivity contribution >= 4 is 17.7 Å². The minimum absolute atomic E-state index is 0.304. The van der Waals surface area contributed by atoms with E-state index in [0.29, 0.717) is 18.0 Å². The Morgan fingerprint density at radius 2 is 2.10 bits per heavy atom. The van der Waals surface area contributed by atoms with Crippen molar-refractivity contribution in [1.82, 2.24) is 10.6 Å². The van der Waals surface area contributed by atoms with Crippen LogP contribution in [0, 0.1) is 0 Å². The number of carbonyl (C=O) groups is 2. The summed E-state index contributed by atoms with van der Waals surface area (Å²) in [5, 5.41) is 17.1. The van der Waals surface area contributed by atoms with Gasteiger partial charge in [0.15, 0.2) is 6.61 Å². The van der Waals surface area contributed by atoms with E-state index < -0.39 is 12.6 Å². The molecule has 7 nitrogen and oxygen atoms in total. The third kappa shape index (κ3) is 7.78. The number of nitrogens with one attached hydrogen (secondary N) is 3. The van der Waals surface area contributed by atoms with Crippen LogP contribution in [-0.2, 0) is 4.79 Å². The van der Waals surface area contributed by atoms with Crippen molar-refractivity contribution in [2.45, 2.75) is 13.3 Å². The zero-order chi connectivity index (χ0) is 15.5. The van der Waals surface area contributed by atoms with Crippen LogP contribution in [-0.4, -0.2) is 43.3 Å². The van der Waals surface area contributed by atoms with Crippen molar-refractivity contribution in [3.8, 4) is 5.75 Å². The molecule has 0 aliphatic rings. The highest BCUT2D eigenvalue weighted by Crippen LogP contribution is 2.17. The molecule has 0 aromatic heterocycles. The molecule has 0 fully saturated rings. The maximum atomic E-state index is 11.6. The van der Waals surface area contributed by atoms with Gasteiger partial charge in [0, 0.05) is 18.3 Å². The quantitative estimate of drug-likeness (QED) is 0.514. The first kappa shape index (κ1) is 16.8. The number of anilines is 1. The van der Waals surface area contributed by atoms with E-state index in [9.17, 15) is 9.59 Å². The summed E-state index contributed by atoms with van der Waals surface area (Å²) in [6.45, 7) is 3.96. The molecule has 0 aliphatic carbocycles. The van der Waals surface area contributed by atoms with Gasteiger partial charge in [-0.1, -0.05) is 13.0 Å². The minimum atomic E-state index is -1.05. The van der Waals surface area contributed by atoms with Crippen LogP contribution < -0.4 is 20.7 Å². The first-order chi connectivity index (χ1) is 10.1. The average molecular weight is 295 g/mol. The molecule has 7 heteroatoms. The lowest BCUT2D eigenvalue weighted by Crippen LogP contribution is -2.31. The zero-order valence-corrected chi connectivity index (χ0v) is 12.0. The van der Waals surface area contributed by atoms with E-state index in [-0.39, 0.29) is 6.03 Å². The van der Waals surface area contributed by atoms with Crippen LogP contribution >= 0.6 is 0 Å². The molecule has 0 saturated carbocycles. The molecule has 0 spiro atoms. The predicted octanol–water partition coefficient (Wildman–Crippen LogP) is 1.27. The molecular formula is C14H21N3O4. The van der Waals surface area contributed by atoms with Crippen LogP contribution in [0.1, 0.15) is 13.3 Å². The average Bonchev–Trinajstić information content (AvgIpc) is 2.45. The smallest absolute Gasteiger partial charge is 0.341 e. The number of urea groups is 1. The van der Waals surface area contributed by atoms with Crippen LogP contribution in [0.5, 0.6) is 5.75 Å². The molecular weight excluding hydrogens is 274 g/mol. The molecule has 0 bridgehead atoms. The summed E-state index contributed by atoms with van der Waals surface area (Å²) in [4.78, 5) is 22.1. The first-order valence-corrected chi connectivity index (χ1v) is 6.82. The zero-order valence-electron chi connectivity index (χ0n) is 12.0. The maximum absolute atomic E-state index is 11.6. The molecule has 2 amide bonds. The fourth-order valence-corrected chi connectivity index (χ4v) is 1.58. The van der Waals surface area contributed by atoms with Gasteiger partial charge in [-0.3, -0.25) is 0 Å². The lowest BCUT2D eigenvalue weighted by atomic mass is 10.3. The molecule has 1 aromatic carbocycles. The first-order valence-electron chi connectivity index (χ1n) is 6.82. The van der Waals surface area contributed by atoms with E-state index in [4.69, 9.17) is 9.84 Å². The summed E-state index contributed by atoms with van der Waals surface area (Å²) >= 11 is 0. The van der Waals surface area contributed by atoms with Crippen LogP contribution in [0.15, 0.2) is 24.3 Å². The highest BCUT2D eigenvalue weighted by Gasteiger charge is 2.03. The molecule has 0 saturated heterocycles.